The molecule has 1 aliphatic carbocycles. The van der Waals surface area contributed by atoms with Crippen molar-refractivity contribution in [3.8, 4) is 17.2 Å². The molecule has 4 atom stereocenters. The molecular weight excluding hydrogens is 731 g/mol. The zero-order valence-electron chi connectivity index (χ0n) is 33.1. The first-order valence-corrected chi connectivity index (χ1v) is 21.0. The number of piperidine rings is 2. The third-order valence-electron chi connectivity index (χ3n) is 13.8. The number of piperazine rings is 1. The second-order valence-corrected chi connectivity index (χ2v) is 17.1. The molecule has 0 aromatic heterocycles. The van der Waals surface area contributed by atoms with Crippen molar-refractivity contribution in [1.29, 1.82) is 0 Å². The Morgan fingerprint density at radius 2 is 1.66 bits per heavy atom. The van der Waals surface area contributed by atoms with Crippen LogP contribution in [0, 0.1) is 5.92 Å². The van der Waals surface area contributed by atoms with Gasteiger partial charge in [-0.15, -0.1) is 0 Å². The number of nitrogens with zero attached hydrogens (tertiary/aromatic N) is 4. The molecule has 11 heteroatoms. The number of nitrogens with one attached hydrogen (secondary N) is 1. The Kier molecular flexibility index (Phi) is 9.51. The fourth-order valence-electron chi connectivity index (χ4n) is 10.8. The first-order valence-electron chi connectivity index (χ1n) is 21.0. The maximum absolute atomic E-state index is 13.4. The quantitative estimate of drug-likeness (QED) is 0.224. The number of methoxy groups -OCH3 is 1. The van der Waals surface area contributed by atoms with Gasteiger partial charge in [-0.1, -0.05) is 42.5 Å². The maximum Gasteiger partial charge on any atom is 0.255 e. The molecule has 11 nitrogen and oxygen atoms in total. The number of phenols is 1. The van der Waals surface area contributed by atoms with Crippen LogP contribution in [0.4, 0.5) is 11.4 Å². The van der Waals surface area contributed by atoms with Gasteiger partial charge in [-0.05, 0) is 96.5 Å². The first kappa shape index (κ1) is 36.8. The Bertz CT molecular complexity index is 2260. The van der Waals surface area contributed by atoms with E-state index in [1.165, 1.54) is 27.9 Å². The summed E-state index contributed by atoms with van der Waals surface area (Å²) in [6, 6.07) is 27.1. The van der Waals surface area contributed by atoms with Crippen LogP contribution in [-0.2, 0) is 22.6 Å². The number of carbonyl (C=O) groups excluding carboxylic acids is 3. The van der Waals surface area contributed by atoms with Crippen LogP contribution in [0.1, 0.15) is 82.1 Å². The molecule has 3 amide bonds. The van der Waals surface area contributed by atoms with Gasteiger partial charge in [0.2, 0.25) is 11.8 Å². The van der Waals surface area contributed by atoms with Gasteiger partial charge in [-0.3, -0.25) is 24.6 Å². The molecule has 10 rings (SSSR count). The van der Waals surface area contributed by atoms with Crippen molar-refractivity contribution in [2.45, 2.75) is 69.0 Å². The fourth-order valence-corrected chi connectivity index (χ4v) is 10.8. The van der Waals surface area contributed by atoms with Crippen LogP contribution in [-0.4, -0.2) is 97.7 Å². The molecule has 4 aromatic carbocycles. The fraction of sp³-hybridized carbons (Fsp3) is 0.426. The zero-order chi connectivity index (χ0) is 39.5. The van der Waals surface area contributed by atoms with Gasteiger partial charge < -0.3 is 29.3 Å². The number of fused-ring (bicyclic) bond motifs is 5. The van der Waals surface area contributed by atoms with Crippen LogP contribution in [0.2, 0.25) is 0 Å². The average Bonchev–Trinajstić information content (AvgIpc) is 3.56. The van der Waals surface area contributed by atoms with E-state index >= 15 is 0 Å². The number of aryl methyl sites for hydroxylation is 1. The lowest BCUT2D eigenvalue weighted by Gasteiger charge is -2.47. The highest BCUT2D eigenvalue weighted by molar-refractivity contribution is 6.06. The number of ether oxygens (including phenoxy) is 2. The number of aromatic hydroxyl groups is 1. The molecule has 0 saturated carbocycles. The van der Waals surface area contributed by atoms with Gasteiger partial charge in [-0.2, -0.15) is 0 Å². The number of amides is 3. The smallest absolute Gasteiger partial charge is 0.255 e. The minimum Gasteiger partial charge on any atom is -0.508 e. The summed E-state index contributed by atoms with van der Waals surface area (Å²) in [7, 11) is 1.79. The number of imide groups is 1. The van der Waals surface area contributed by atoms with E-state index in [9.17, 15) is 19.5 Å². The number of hydrogen-bond acceptors (Lipinski definition) is 9. The molecule has 5 aliphatic heterocycles. The van der Waals surface area contributed by atoms with Crippen molar-refractivity contribution in [3.05, 3.63) is 112 Å². The molecule has 300 valence electrons. The molecule has 5 heterocycles. The van der Waals surface area contributed by atoms with Gasteiger partial charge in [0.25, 0.3) is 5.91 Å². The summed E-state index contributed by atoms with van der Waals surface area (Å²) in [5.41, 5.74) is 8.76. The van der Waals surface area contributed by atoms with Crippen LogP contribution in [0.5, 0.6) is 17.2 Å². The predicted molar refractivity (Wildman–Crippen MR) is 221 cm³/mol. The third kappa shape index (κ3) is 6.63. The molecule has 6 aliphatic rings. The van der Waals surface area contributed by atoms with Crippen LogP contribution < -0.4 is 24.6 Å². The molecule has 0 spiro atoms. The van der Waals surface area contributed by atoms with Gasteiger partial charge in [0.15, 0.2) is 0 Å². The Morgan fingerprint density at radius 3 is 2.47 bits per heavy atom. The van der Waals surface area contributed by atoms with E-state index in [2.05, 4.69) is 80.7 Å². The van der Waals surface area contributed by atoms with Crippen LogP contribution >= 0.6 is 0 Å². The van der Waals surface area contributed by atoms with Crippen LogP contribution in [0.3, 0.4) is 0 Å². The second kappa shape index (κ2) is 15.0. The molecule has 0 radical (unpaired) electrons. The van der Waals surface area contributed by atoms with Crippen molar-refractivity contribution in [1.82, 2.24) is 15.1 Å². The molecular formula is C47H51N5O6. The Labute approximate surface area is 339 Å². The Morgan fingerprint density at radius 1 is 0.828 bits per heavy atom. The predicted octanol–water partition coefficient (Wildman–Crippen LogP) is 5.82. The lowest BCUT2D eigenvalue weighted by molar-refractivity contribution is -0.136. The van der Waals surface area contributed by atoms with Crippen molar-refractivity contribution in [2.24, 2.45) is 5.92 Å². The molecule has 4 aromatic rings. The van der Waals surface area contributed by atoms with Crippen molar-refractivity contribution in [2.75, 3.05) is 62.8 Å². The monoisotopic (exact) mass is 781 g/mol. The summed E-state index contributed by atoms with van der Waals surface area (Å²) in [6.45, 7) is 6.83. The number of anilines is 2. The van der Waals surface area contributed by atoms with Gasteiger partial charge >= 0.3 is 0 Å². The van der Waals surface area contributed by atoms with E-state index < -0.39 is 11.9 Å². The van der Waals surface area contributed by atoms with Gasteiger partial charge in [-0.25, -0.2) is 0 Å². The Hall–Kier alpha value is -5.55. The summed E-state index contributed by atoms with van der Waals surface area (Å²) >= 11 is 0. The Balaban J connectivity index is 0.779. The van der Waals surface area contributed by atoms with Crippen molar-refractivity contribution >= 4 is 29.1 Å². The topological polar surface area (TPSA) is 115 Å². The summed E-state index contributed by atoms with van der Waals surface area (Å²) in [4.78, 5) is 46.9. The number of benzene rings is 4. The highest BCUT2D eigenvalue weighted by Crippen LogP contribution is 2.50. The van der Waals surface area contributed by atoms with Crippen LogP contribution in [0.25, 0.3) is 0 Å². The second-order valence-electron chi connectivity index (χ2n) is 17.1. The molecule has 3 saturated heterocycles. The minimum absolute atomic E-state index is 0.130. The minimum atomic E-state index is -0.627. The number of carbonyl (C=O) groups is 3. The van der Waals surface area contributed by atoms with E-state index in [4.69, 9.17) is 9.47 Å². The maximum atomic E-state index is 13.4. The summed E-state index contributed by atoms with van der Waals surface area (Å²) in [6.07, 6.45) is 4.81. The van der Waals surface area contributed by atoms with Gasteiger partial charge in [0.1, 0.15) is 29.9 Å². The lowest BCUT2D eigenvalue weighted by Crippen LogP contribution is -2.58. The highest BCUT2D eigenvalue weighted by atomic mass is 16.5. The van der Waals surface area contributed by atoms with E-state index in [1.54, 1.807) is 12.0 Å². The first-order chi connectivity index (χ1) is 28.3. The molecule has 58 heavy (non-hydrogen) atoms. The van der Waals surface area contributed by atoms with Crippen LogP contribution in [0.15, 0.2) is 78.9 Å². The van der Waals surface area contributed by atoms with E-state index in [0.29, 0.717) is 42.7 Å². The normalized spacial score (nSPS) is 24.7. The third-order valence-corrected chi connectivity index (χ3v) is 13.8. The average molecular weight is 782 g/mol. The van der Waals surface area contributed by atoms with Crippen molar-refractivity contribution < 1.29 is 29.0 Å². The molecule has 2 N–H and O–H groups in total. The molecule has 1 unspecified atom stereocenters. The van der Waals surface area contributed by atoms with Gasteiger partial charge in [0.05, 0.1) is 18.8 Å². The SMILES string of the molecule is COc1cc(N2CCC(CN3CCN4c5cc6c(cc5OC[C@@H]4C3)C(=O)N(C3CCC(=O)NC3=O)C6)CC2)ccc1[C@H]1c2ccc(O)cc2CC[C@H]1c1ccccc1. The summed E-state index contributed by atoms with van der Waals surface area (Å²) < 4.78 is 12.5. The number of phenolic OH excluding ortho intramolecular Hbond substituents is 1. The van der Waals surface area contributed by atoms with Gasteiger partial charge in [0, 0.05) is 81.0 Å². The molecule has 0 bridgehead atoms. The van der Waals surface area contributed by atoms with E-state index in [1.807, 2.05) is 18.2 Å². The van der Waals surface area contributed by atoms with Crippen molar-refractivity contribution in [3.63, 3.8) is 0 Å². The standard InChI is InChI=1S/C47H51N5O6/c1-57-42-23-33(8-11-38(42)45-36(30-5-3-2-4-6-30)10-7-31-21-35(53)9-12-37(31)45)50-17-15-29(16-18-50)25-49-19-20-51-34(27-49)28-58-43-24-39-32(22-41(43)51)26-52(47(39)56)40-13-14-44(54)48-46(40)55/h2-6,8-9,11-12,21-24,29,34,36,40,45,53H,7,10,13-20,25-28H2,1H3,(H,48,54,55)/t34-,36-,40?,45+/m0/s1. The van der Waals surface area contributed by atoms with E-state index in [0.717, 1.165) is 87.7 Å². The highest BCUT2D eigenvalue weighted by Gasteiger charge is 2.42. The summed E-state index contributed by atoms with van der Waals surface area (Å²) in [5, 5.41) is 12.7. The van der Waals surface area contributed by atoms with E-state index in [-0.39, 0.29) is 30.2 Å². The number of hydrogen-bond donors (Lipinski definition) is 2. The zero-order valence-corrected chi connectivity index (χ0v) is 33.1. The molecule has 3 fully saturated rings. The summed E-state index contributed by atoms with van der Waals surface area (Å²) in [5.74, 6) is 2.20. The number of rotatable bonds is 7. The lowest BCUT2D eigenvalue weighted by atomic mass is 9.69. The largest absolute Gasteiger partial charge is 0.508 e.